The van der Waals surface area contributed by atoms with E-state index in [2.05, 4.69) is 92.5 Å². The van der Waals surface area contributed by atoms with Gasteiger partial charge in [0.25, 0.3) is 0 Å². The molecule has 0 bridgehead atoms. The third-order valence-corrected chi connectivity index (χ3v) is 4.74. The van der Waals surface area contributed by atoms with Crippen molar-refractivity contribution in [3.8, 4) is 11.1 Å². The highest BCUT2D eigenvalue weighted by molar-refractivity contribution is 9.08. The van der Waals surface area contributed by atoms with Crippen molar-refractivity contribution in [2.24, 2.45) is 0 Å². The summed E-state index contributed by atoms with van der Waals surface area (Å²) in [5.41, 5.74) is 5.17. The Bertz CT molecular complexity index is 725. The average molecular weight is 390 g/mol. The van der Waals surface area contributed by atoms with Gasteiger partial charge in [-0.1, -0.05) is 86.5 Å². The van der Waals surface area contributed by atoms with Crippen LogP contribution in [0.4, 0.5) is 0 Å². The van der Waals surface area contributed by atoms with Gasteiger partial charge in [-0.15, -0.1) is 0 Å². The van der Waals surface area contributed by atoms with E-state index in [-0.39, 0.29) is 0 Å². The van der Waals surface area contributed by atoms with Crippen LogP contribution < -0.4 is 0 Å². The van der Waals surface area contributed by atoms with Gasteiger partial charge in [0.15, 0.2) is 0 Å². The first kappa shape index (κ1) is 13.8. The molecule has 0 fully saturated rings. The molecule has 3 rings (SSSR count). The zero-order valence-electron chi connectivity index (χ0n) is 10.9. The zero-order valence-corrected chi connectivity index (χ0v) is 14.1. The van der Waals surface area contributed by atoms with Gasteiger partial charge >= 0.3 is 0 Å². The molecule has 0 spiro atoms. The lowest BCUT2D eigenvalue weighted by molar-refractivity contribution is 1.35. The van der Waals surface area contributed by atoms with Crippen LogP contribution in [-0.4, -0.2) is 0 Å². The molecule has 0 N–H and O–H groups in total. The van der Waals surface area contributed by atoms with Crippen LogP contribution in [0, 0.1) is 0 Å². The van der Waals surface area contributed by atoms with Gasteiger partial charge in [-0.25, -0.2) is 0 Å². The van der Waals surface area contributed by atoms with Crippen molar-refractivity contribution in [1.82, 2.24) is 0 Å². The minimum absolute atomic E-state index is 0.883. The molecular weight excluding hydrogens is 376 g/mol. The van der Waals surface area contributed by atoms with Crippen molar-refractivity contribution in [3.05, 3.63) is 71.8 Å². The Labute approximate surface area is 136 Å². The molecule has 0 aliphatic carbocycles. The Morgan fingerprint density at radius 3 is 1.90 bits per heavy atom. The summed E-state index contributed by atoms with van der Waals surface area (Å²) in [6.07, 6.45) is 0. The SMILES string of the molecule is BrCc1cc(CBr)cc(-c2ccc3ccccc3c2)c1. The van der Waals surface area contributed by atoms with Crippen LogP contribution in [0.2, 0.25) is 0 Å². The molecule has 20 heavy (non-hydrogen) atoms. The minimum Gasteiger partial charge on any atom is -0.0876 e. The second-order valence-electron chi connectivity index (χ2n) is 4.87. The number of benzene rings is 3. The van der Waals surface area contributed by atoms with Crippen molar-refractivity contribution < 1.29 is 0 Å². The molecule has 0 unspecified atom stereocenters. The highest BCUT2D eigenvalue weighted by Crippen LogP contribution is 2.27. The third kappa shape index (κ3) is 2.82. The quantitative estimate of drug-likeness (QED) is 0.461. The van der Waals surface area contributed by atoms with Crippen LogP contribution in [0.1, 0.15) is 11.1 Å². The Morgan fingerprint density at radius 1 is 0.600 bits per heavy atom. The largest absolute Gasteiger partial charge is 0.0876 e. The normalized spacial score (nSPS) is 10.9. The Balaban J connectivity index is 2.14. The lowest BCUT2D eigenvalue weighted by Gasteiger charge is -2.08. The topological polar surface area (TPSA) is 0 Å². The lowest BCUT2D eigenvalue weighted by atomic mass is 9.98. The molecule has 3 aromatic rings. The molecule has 3 aromatic carbocycles. The number of alkyl halides is 2. The summed E-state index contributed by atoms with van der Waals surface area (Å²) in [5, 5.41) is 4.34. The number of fused-ring (bicyclic) bond motifs is 1. The molecule has 0 amide bonds. The van der Waals surface area contributed by atoms with Gasteiger partial charge in [0.05, 0.1) is 0 Å². The average Bonchev–Trinajstić information content (AvgIpc) is 2.53. The smallest absolute Gasteiger partial charge is 0.0283 e. The van der Waals surface area contributed by atoms with Gasteiger partial charge < -0.3 is 0 Å². The zero-order chi connectivity index (χ0) is 13.9. The molecule has 0 aliphatic rings. The number of halogens is 2. The highest BCUT2D eigenvalue weighted by Gasteiger charge is 2.04. The van der Waals surface area contributed by atoms with E-state index in [9.17, 15) is 0 Å². The second kappa shape index (κ2) is 6.11. The van der Waals surface area contributed by atoms with Crippen LogP contribution in [-0.2, 0) is 10.7 Å². The number of hydrogen-bond donors (Lipinski definition) is 0. The molecule has 0 saturated carbocycles. The fraction of sp³-hybridized carbons (Fsp3) is 0.111. The van der Waals surface area contributed by atoms with Gasteiger partial charge in [0, 0.05) is 10.7 Å². The van der Waals surface area contributed by atoms with Crippen molar-refractivity contribution >= 4 is 42.6 Å². The summed E-state index contributed by atoms with van der Waals surface area (Å²) in [4.78, 5) is 0. The fourth-order valence-electron chi connectivity index (χ4n) is 2.45. The molecule has 0 aromatic heterocycles. The number of hydrogen-bond acceptors (Lipinski definition) is 0. The van der Waals surface area contributed by atoms with E-state index in [0.717, 1.165) is 10.7 Å². The second-order valence-corrected chi connectivity index (χ2v) is 5.99. The van der Waals surface area contributed by atoms with Gasteiger partial charge in [0.2, 0.25) is 0 Å². The lowest BCUT2D eigenvalue weighted by Crippen LogP contribution is -1.87. The predicted octanol–water partition coefficient (Wildman–Crippen LogP) is 6.30. The van der Waals surface area contributed by atoms with E-state index >= 15 is 0 Å². The highest BCUT2D eigenvalue weighted by atomic mass is 79.9. The van der Waals surface area contributed by atoms with Gasteiger partial charge in [-0.3, -0.25) is 0 Å². The first-order valence-corrected chi connectivity index (χ1v) is 8.78. The molecular formula is C18H14Br2. The van der Waals surface area contributed by atoms with Crippen LogP contribution in [0.5, 0.6) is 0 Å². The molecule has 0 radical (unpaired) electrons. The number of rotatable bonds is 3. The molecule has 0 atom stereocenters. The standard InChI is InChI=1S/C18H14Br2/c19-11-13-7-14(12-20)9-18(8-13)17-6-5-15-3-1-2-4-16(15)10-17/h1-10H,11-12H2. The predicted molar refractivity (Wildman–Crippen MR) is 94.6 cm³/mol. The molecule has 0 aliphatic heterocycles. The van der Waals surface area contributed by atoms with E-state index in [1.165, 1.54) is 33.0 Å². The molecule has 0 heterocycles. The molecule has 100 valence electrons. The molecule has 0 saturated heterocycles. The van der Waals surface area contributed by atoms with Crippen molar-refractivity contribution in [3.63, 3.8) is 0 Å². The Hall–Kier alpha value is -1.12. The summed E-state index contributed by atoms with van der Waals surface area (Å²) in [6, 6.07) is 21.9. The maximum atomic E-state index is 3.55. The Kier molecular flexibility index (Phi) is 4.23. The first-order chi connectivity index (χ1) is 9.80. The van der Waals surface area contributed by atoms with Gasteiger partial charge in [0.1, 0.15) is 0 Å². The van der Waals surface area contributed by atoms with Crippen LogP contribution in [0.25, 0.3) is 21.9 Å². The minimum atomic E-state index is 0.883. The van der Waals surface area contributed by atoms with Crippen LogP contribution in [0.3, 0.4) is 0 Å². The fourth-order valence-corrected chi connectivity index (χ4v) is 3.10. The van der Waals surface area contributed by atoms with Gasteiger partial charge in [-0.2, -0.15) is 0 Å². The van der Waals surface area contributed by atoms with E-state index < -0.39 is 0 Å². The molecule has 2 heteroatoms. The van der Waals surface area contributed by atoms with E-state index in [1.54, 1.807) is 0 Å². The van der Waals surface area contributed by atoms with Crippen molar-refractivity contribution in [2.45, 2.75) is 10.7 Å². The summed E-state index contributed by atoms with van der Waals surface area (Å²) in [6.45, 7) is 0. The third-order valence-electron chi connectivity index (χ3n) is 3.44. The van der Waals surface area contributed by atoms with Crippen LogP contribution in [0.15, 0.2) is 60.7 Å². The van der Waals surface area contributed by atoms with E-state index in [4.69, 9.17) is 0 Å². The summed E-state index contributed by atoms with van der Waals surface area (Å²) in [7, 11) is 0. The summed E-state index contributed by atoms with van der Waals surface area (Å²) < 4.78 is 0. The van der Waals surface area contributed by atoms with Crippen molar-refractivity contribution in [2.75, 3.05) is 0 Å². The first-order valence-electron chi connectivity index (χ1n) is 6.54. The van der Waals surface area contributed by atoms with E-state index in [0.29, 0.717) is 0 Å². The summed E-state index contributed by atoms with van der Waals surface area (Å²) >= 11 is 7.10. The molecule has 0 nitrogen and oxygen atoms in total. The van der Waals surface area contributed by atoms with Crippen molar-refractivity contribution in [1.29, 1.82) is 0 Å². The van der Waals surface area contributed by atoms with Gasteiger partial charge in [-0.05, 0) is 39.1 Å². The maximum absolute atomic E-state index is 3.55. The summed E-state index contributed by atoms with van der Waals surface area (Å²) in [5.74, 6) is 0. The maximum Gasteiger partial charge on any atom is 0.0283 e. The van der Waals surface area contributed by atoms with E-state index in [1.807, 2.05) is 0 Å². The van der Waals surface area contributed by atoms with Crippen LogP contribution >= 0.6 is 31.9 Å². The Morgan fingerprint density at radius 2 is 1.25 bits per heavy atom. The monoisotopic (exact) mass is 388 g/mol.